The number of halogens is 3. The van der Waals surface area contributed by atoms with E-state index in [9.17, 15) is 27.6 Å². The number of imide groups is 1. The molecule has 0 aliphatic heterocycles. The molecule has 2 heterocycles. The number of fused-ring (bicyclic) bond motifs is 3. The maximum Gasteiger partial charge on any atom is 0.425 e. The molecule has 0 saturated heterocycles. The summed E-state index contributed by atoms with van der Waals surface area (Å²) in [5, 5.41) is 3.02. The molecule has 0 aliphatic rings. The molecule has 0 spiro atoms. The minimum Gasteiger partial charge on any atom is -0.444 e. The monoisotopic (exact) mass is 657 g/mol. The van der Waals surface area contributed by atoms with E-state index in [0.29, 0.717) is 15.8 Å². The number of amides is 3. The highest BCUT2D eigenvalue weighted by Gasteiger charge is 2.37. The number of hydrogen-bond acceptors (Lipinski definition) is 8. The van der Waals surface area contributed by atoms with E-state index in [1.54, 1.807) is 85.2 Å². The van der Waals surface area contributed by atoms with Gasteiger partial charge in [0, 0.05) is 23.6 Å². The van der Waals surface area contributed by atoms with Gasteiger partial charge in [0.15, 0.2) is 5.82 Å². The summed E-state index contributed by atoms with van der Waals surface area (Å²) in [5.41, 5.74) is -3.02. The topological polar surface area (TPSA) is 125 Å². The number of rotatable bonds is 4. The highest BCUT2D eigenvalue weighted by Crippen LogP contribution is 2.37. The first kappa shape index (κ1) is 35.0. The number of nitrogens with one attached hydrogen (secondary N) is 1. The van der Waals surface area contributed by atoms with Gasteiger partial charge in [-0.05, 0) is 92.1 Å². The summed E-state index contributed by atoms with van der Waals surface area (Å²) in [6, 6.07) is 10.0. The van der Waals surface area contributed by atoms with Gasteiger partial charge in [0.1, 0.15) is 16.8 Å². The quantitative estimate of drug-likeness (QED) is 0.216. The number of ether oxygens (including phenoxy) is 3. The summed E-state index contributed by atoms with van der Waals surface area (Å²) in [5.74, 6) is -0.583. The number of alkyl halides is 3. The molecule has 0 aliphatic carbocycles. The Bertz CT molecular complexity index is 1800. The lowest BCUT2D eigenvalue weighted by Gasteiger charge is -2.28. The molecule has 1 N–H and O–H groups in total. The van der Waals surface area contributed by atoms with Crippen LogP contribution in [0, 0.1) is 0 Å². The van der Waals surface area contributed by atoms with Crippen molar-refractivity contribution in [3.63, 3.8) is 0 Å². The highest BCUT2D eigenvalue weighted by molar-refractivity contribution is 6.19. The zero-order chi connectivity index (χ0) is 35.1. The molecule has 11 nitrogen and oxygen atoms in total. The van der Waals surface area contributed by atoms with Crippen LogP contribution in [-0.2, 0) is 26.9 Å². The maximum atomic E-state index is 13.8. The lowest BCUT2D eigenvalue weighted by Crippen LogP contribution is -2.44. The van der Waals surface area contributed by atoms with Gasteiger partial charge < -0.3 is 18.8 Å². The van der Waals surface area contributed by atoms with Crippen LogP contribution in [0.2, 0.25) is 0 Å². The van der Waals surface area contributed by atoms with Crippen LogP contribution in [0.25, 0.3) is 21.8 Å². The van der Waals surface area contributed by atoms with Crippen LogP contribution < -0.4 is 10.2 Å². The Morgan fingerprint density at radius 3 is 1.91 bits per heavy atom. The summed E-state index contributed by atoms with van der Waals surface area (Å²) in [7, 11) is 0. The molecule has 0 saturated carbocycles. The Kier molecular flexibility index (Phi) is 9.21. The van der Waals surface area contributed by atoms with Crippen LogP contribution in [0.4, 0.5) is 39.3 Å². The molecule has 0 radical (unpaired) electrons. The molecule has 47 heavy (non-hydrogen) atoms. The molecule has 0 atom stereocenters. The fraction of sp³-hybridized carbons (Fsp3) is 0.424. The molecule has 2 aromatic heterocycles. The van der Waals surface area contributed by atoms with Gasteiger partial charge in [0.05, 0.1) is 16.5 Å². The smallest absolute Gasteiger partial charge is 0.425 e. The second-order valence-electron chi connectivity index (χ2n) is 13.8. The summed E-state index contributed by atoms with van der Waals surface area (Å²) in [4.78, 5) is 49.5. The SMILES string of the molecule is CC(C)(C)OC(=O)Nc1nc(N(C(=O)OC(C)(C)C)C(=O)OC(C)(C)C)c2c(ccc3c2ccn3Cc2ccccc2C(F)(F)F)n1. The number of aromatic nitrogens is 3. The molecule has 4 aromatic rings. The van der Waals surface area contributed by atoms with E-state index < -0.39 is 46.8 Å². The first-order valence-corrected chi connectivity index (χ1v) is 14.7. The summed E-state index contributed by atoms with van der Waals surface area (Å²) in [6.07, 6.45) is -6.11. The van der Waals surface area contributed by atoms with Gasteiger partial charge in [-0.2, -0.15) is 23.1 Å². The number of hydrogen-bond donors (Lipinski definition) is 1. The summed E-state index contributed by atoms with van der Waals surface area (Å²) in [6.45, 7) is 14.5. The predicted molar refractivity (Wildman–Crippen MR) is 170 cm³/mol. The second-order valence-corrected chi connectivity index (χ2v) is 13.8. The van der Waals surface area contributed by atoms with Crippen molar-refractivity contribution in [1.82, 2.24) is 14.5 Å². The van der Waals surface area contributed by atoms with Gasteiger partial charge in [0.2, 0.25) is 5.95 Å². The first-order chi connectivity index (χ1) is 21.5. The molecular formula is C33H38F3N5O6. The highest BCUT2D eigenvalue weighted by atomic mass is 19.4. The maximum absolute atomic E-state index is 13.8. The molecule has 14 heteroatoms. The molecular weight excluding hydrogens is 619 g/mol. The Hall–Kier alpha value is -4.88. The summed E-state index contributed by atoms with van der Waals surface area (Å²) >= 11 is 0. The Balaban J connectivity index is 1.97. The number of benzene rings is 2. The zero-order valence-corrected chi connectivity index (χ0v) is 27.7. The second kappa shape index (κ2) is 12.4. The number of nitrogens with zero attached hydrogens (tertiary/aromatic N) is 4. The number of carbonyl (C=O) groups is 3. The number of anilines is 2. The van der Waals surface area contributed by atoms with Crippen molar-refractivity contribution in [2.75, 3.05) is 10.2 Å². The average molecular weight is 658 g/mol. The fourth-order valence-corrected chi connectivity index (χ4v) is 4.62. The minimum atomic E-state index is -4.56. The van der Waals surface area contributed by atoms with Gasteiger partial charge in [-0.25, -0.2) is 19.4 Å². The van der Waals surface area contributed by atoms with Crippen LogP contribution in [0.3, 0.4) is 0 Å². The molecule has 4 rings (SSSR count). The van der Waals surface area contributed by atoms with Crippen LogP contribution in [-0.4, -0.2) is 49.6 Å². The largest absolute Gasteiger partial charge is 0.444 e. The molecule has 0 unspecified atom stereocenters. The third kappa shape index (κ3) is 8.69. The van der Waals surface area contributed by atoms with Crippen LogP contribution >= 0.6 is 0 Å². The lowest BCUT2D eigenvalue weighted by atomic mass is 10.1. The van der Waals surface area contributed by atoms with Gasteiger partial charge in [0.25, 0.3) is 0 Å². The minimum absolute atomic E-state index is 0.0371. The Morgan fingerprint density at radius 2 is 1.36 bits per heavy atom. The van der Waals surface area contributed by atoms with E-state index in [4.69, 9.17) is 14.2 Å². The lowest BCUT2D eigenvalue weighted by molar-refractivity contribution is -0.138. The van der Waals surface area contributed by atoms with Crippen LogP contribution in [0.15, 0.2) is 48.7 Å². The van der Waals surface area contributed by atoms with Gasteiger partial charge >= 0.3 is 24.5 Å². The van der Waals surface area contributed by atoms with Crippen molar-refractivity contribution in [2.45, 2.75) is 91.8 Å². The molecule has 252 valence electrons. The normalized spacial score (nSPS) is 12.6. The molecule has 0 fully saturated rings. The zero-order valence-electron chi connectivity index (χ0n) is 27.7. The molecule has 3 amide bonds. The van der Waals surface area contributed by atoms with E-state index in [-0.39, 0.29) is 34.8 Å². The third-order valence-corrected chi connectivity index (χ3v) is 6.23. The number of carbonyl (C=O) groups excluding carboxylic acids is 3. The predicted octanol–water partition coefficient (Wildman–Crippen LogP) is 8.68. The van der Waals surface area contributed by atoms with Crippen molar-refractivity contribution >= 4 is 51.9 Å². The van der Waals surface area contributed by atoms with Crippen LogP contribution in [0.1, 0.15) is 73.4 Å². The van der Waals surface area contributed by atoms with E-state index in [2.05, 4.69) is 15.3 Å². The van der Waals surface area contributed by atoms with E-state index in [1.807, 2.05) is 0 Å². The van der Waals surface area contributed by atoms with Crippen molar-refractivity contribution < 1.29 is 41.8 Å². The molecule has 2 aromatic carbocycles. The van der Waals surface area contributed by atoms with E-state index >= 15 is 0 Å². The Labute approximate surface area is 270 Å². The third-order valence-electron chi connectivity index (χ3n) is 6.23. The average Bonchev–Trinajstić information content (AvgIpc) is 3.27. The fourth-order valence-electron chi connectivity index (χ4n) is 4.62. The van der Waals surface area contributed by atoms with Crippen molar-refractivity contribution in [3.8, 4) is 0 Å². The summed E-state index contributed by atoms with van der Waals surface area (Å²) < 4.78 is 59.4. The van der Waals surface area contributed by atoms with Gasteiger partial charge in [-0.15, -0.1) is 0 Å². The van der Waals surface area contributed by atoms with E-state index in [0.717, 1.165) is 6.07 Å². The van der Waals surface area contributed by atoms with Crippen molar-refractivity contribution in [1.29, 1.82) is 0 Å². The van der Waals surface area contributed by atoms with Crippen molar-refractivity contribution in [2.24, 2.45) is 0 Å². The molecule has 0 bridgehead atoms. The first-order valence-electron chi connectivity index (χ1n) is 14.7. The van der Waals surface area contributed by atoms with Crippen molar-refractivity contribution in [3.05, 3.63) is 59.8 Å². The van der Waals surface area contributed by atoms with Gasteiger partial charge in [-0.1, -0.05) is 18.2 Å². The Morgan fingerprint density at radius 1 is 0.787 bits per heavy atom. The van der Waals surface area contributed by atoms with Gasteiger partial charge in [-0.3, -0.25) is 5.32 Å². The van der Waals surface area contributed by atoms with Crippen LogP contribution in [0.5, 0.6) is 0 Å². The van der Waals surface area contributed by atoms with E-state index in [1.165, 1.54) is 24.3 Å². The standard InChI is InChI=1S/C33H38F3N5O6/c1-30(2,3)45-27(42)39-26-37-22-14-15-23-20(16-17-40(23)18-19-12-10-11-13-21(19)33(34,35)36)24(22)25(38-26)41(28(43)46-31(4,5)6)29(44)47-32(7,8)9/h10-17H,18H2,1-9H3,(H,37,38,39,42).